The Morgan fingerprint density at radius 2 is 1.88 bits per heavy atom. The number of imidazole rings is 1. The second kappa shape index (κ2) is 6.36. The van der Waals surface area contributed by atoms with Crippen molar-refractivity contribution in [2.75, 3.05) is 19.6 Å². The summed E-state index contributed by atoms with van der Waals surface area (Å²) in [5, 5.41) is 0. The molecule has 1 aromatic heterocycles. The lowest BCUT2D eigenvalue weighted by molar-refractivity contribution is 0.257. The Kier molecular flexibility index (Phi) is 5.40. The van der Waals surface area contributed by atoms with Crippen molar-refractivity contribution in [2.24, 2.45) is 0 Å². The molecule has 0 fully saturated rings. The van der Waals surface area contributed by atoms with Gasteiger partial charge in [0, 0.05) is 24.5 Å². The molecule has 3 nitrogen and oxygen atoms in total. The SMILES string of the molecule is CCN(CC)CC(C)n1c(C(C)C)c[nH]c1=S. The molecule has 1 atom stereocenters. The predicted octanol–water partition coefficient (Wildman–Crippen LogP) is 3.57. The lowest BCUT2D eigenvalue weighted by Crippen LogP contribution is -2.30. The van der Waals surface area contributed by atoms with Crippen molar-refractivity contribution < 1.29 is 0 Å². The Balaban J connectivity index is 2.91. The third kappa shape index (κ3) is 3.42. The minimum absolute atomic E-state index is 0.422. The van der Waals surface area contributed by atoms with Gasteiger partial charge in [-0.1, -0.05) is 27.7 Å². The van der Waals surface area contributed by atoms with Crippen LogP contribution in [0, 0.1) is 4.77 Å². The van der Waals surface area contributed by atoms with Crippen LogP contribution in [0.15, 0.2) is 6.20 Å². The lowest BCUT2D eigenvalue weighted by atomic mass is 10.1. The van der Waals surface area contributed by atoms with Crippen LogP contribution in [0.4, 0.5) is 0 Å². The van der Waals surface area contributed by atoms with Gasteiger partial charge in [0.15, 0.2) is 4.77 Å². The van der Waals surface area contributed by atoms with E-state index in [1.807, 2.05) is 6.20 Å². The number of aromatic nitrogens is 2. The molecule has 0 bridgehead atoms. The van der Waals surface area contributed by atoms with Gasteiger partial charge in [-0.25, -0.2) is 0 Å². The van der Waals surface area contributed by atoms with E-state index in [1.165, 1.54) is 5.69 Å². The van der Waals surface area contributed by atoms with E-state index in [9.17, 15) is 0 Å². The number of nitrogens with zero attached hydrogens (tertiary/aromatic N) is 2. The summed E-state index contributed by atoms with van der Waals surface area (Å²) in [4.78, 5) is 5.60. The normalized spacial score (nSPS) is 13.6. The number of hydrogen-bond donors (Lipinski definition) is 1. The summed E-state index contributed by atoms with van der Waals surface area (Å²) >= 11 is 5.38. The number of hydrogen-bond acceptors (Lipinski definition) is 2. The highest BCUT2D eigenvalue weighted by atomic mass is 32.1. The lowest BCUT2D eigenvalue weighted by Gasteiger charge is -2.25. The fraction of sp³-hybridized carbons (Fsp3) is 0.769. The molecule has 17 heavy (non-hydrogen) atoms. The van der Waals surface area contributed by atoms with E-state index in [0.29, 0.717) is 12.0 Å². The van der Waals surface area contributed by atoms with E-state index in [1.54, 1.807) is 0 Å². The number of H-pyrrole nitrogens is 1. The van der Waals surface area contributed by atoms with Crippen LogP contribution in [0.3, 0.4) is 0 Å². The van der Waals surface area contributed by atoms with E-state index in [0.717, 1.165) is 24.4 Å². The maximum atomic E-state index is 5.38. The molecule has 1 rings (SSSR count). The molecule has 0 spiro atoms. The largest absolute Gasteiger partial charge is 0.337 e. The maximum absolute atomic E-state index is 5.38. The second-order valence-electron chi connectivity index (χ2n) is 4.88. The van der Waals surface area contributed by atoms with Gasteiger partial charge < -0.3 is 14.5 Å². The van der Waals surface area contributed by atoms with Gasteiger partial charge in [-0.2, -0.15) is 0 Å². The third-order valence-corrected chi connectivity index (χ3v) is 3.60. The van der Waals surface area contributed by atoms with Crippen molar-refractivity contribution in [3.63, 3.8) is 0 Å². The number of aromatic amines is 1. The van der Waals surface area contributed by atoms with E-state index in [2.05, 4.69) is 49.1 Å². The Hall–Kier alpha value is -0.610. The van der Waals surface area contributed by atoms with Crippen LogP contribution >= 0.6 is 12.2 Å². The van der Waals surface area contributed by atoms with E-state index in [4.69, 9.17) is 12.2 Å². The average Bonchev–Trinajstić information content (AvgIpc) is 2.67. The smallest absolute Gasteiger partial charge is 0.177 e. The zero-order chi connectivity index (χ0) is 13.0. The summed E-state index contributed by atoms with van der Waals surface area (Å²) in [6.45, 7) is 14.3. The Bertz CT molecular complexity index is 388. The average molecular weight is 255 g/mol. The topological polar surface area (TPSA) is 24.0 Å². The summed E-state index contributed by atoms with van der Waals surface area (Å²) in [6.07, 6.45) is 2.05. The molecule has 0 radical (unpaired) electrons. The monoisotopic (exact) mass is 255 g/mol. The number of likely N-dealkylation sites (N-methyl/N-ethyl adjacent to an activating group) is 1. The van der Waals surface area contributed by atoms with Gasteiger partial charge in [0.25, 0.3) is 0 Å². The maximum Gasteiger partial charge on any atom is 0.177 e. The molecule has 0 amide bonds. The van der Waals surface area contributed by atoms with Gasteiger partial charge in [0.2, 0.25) is 0 Å². The molecule has 0 saturated carbocycles. The first-order valence-corrected chi connectivity index (χ1v) is 6.94. The zero-order valence-electron chi connectivity index (χ0n) is 11.7. The highest BCUT2D eigenvalue weighted by Crippen LogP contribution is 2.20. The van der Waals surface area contributed by atoms with E-state index < -0.39 is 0 Å². The Morgan fingerprint density at radius 3 is 2.35 bits per heavy atom. The van der Waals surface area contributed by atoms with Gasteiger partial charge in [-0.05, 0) is 38.1 Å². The fourth-order valence-corrected chi connectivity index (χ4v) is 2.57. The van der Waals surface area contributed by atoms with Crippen molar-refractivity contribution >= 4 is 12.2 Å². The van der Waals surface area contributed by atoms with Crippen LogP contribution in [-0.4, -0.2) is 34.1 Å². The van der Waals surface area contributed by atoms with Crippen LogP contribution in [0.1, 0.15) is 52.3 Å². The third-order valence-electron chi connectivity index (χ3n) is 3.29. The van der Waals surface area contributed by atoms with Crippen LogP contribution in [0.5, 0.6) is 0 Å². The van der Waals surface area contributed by atoms with E-state index in [-0.39, 0.29) is 0 Å². The van der Waals surface area contributed by atoms with Gasteiger partial charge in [0.05, 0.1) is 0 Å². The highest BCUT2D eigenvalue weighted by Gasteiger charge is 2.15. The van der Waals surface area contributed by atoms with Crippen molar-refractivity contribution in [1.29, 1.82) is 0 Å². The Morgan fingerprint density at radius 1 is 1.29 bits per heavy atom. The van der Waals surface area contributed by atoms with Gasteiger partial charge in [-0.15, -0.1) is 0 Å². The van der Waals surface area contributed by atoms with Gasteiger partial charge >= 0.3 is 0 Å². The predicted molar refractivity (Wildman–Crippen MR) is 76.2 cm³/mol. The molecule has 1 unspecified atom stereocenters. The zero-order valence-corrected chi connectivity index (χ0v) is 12.5. The van der Waals surface area contributed by atoms with Crippen LogP contribution in [0.25, 0.3) is 0 Å². The summed E-state index contributed by atoms with van der Waals surface area (Å²) in [5.41, 5.74) is 1.30. The molecular formula is C13H25N3S. The van der Waals surface area contributed by atoms with Gasteiger partial charge in [0.1, 0.15) is 0 Å². The Labute approximate surface area is 110 Å². The minimum atomic E-state index is 0.422. The highest BCUT2D eigenvalue weighted by molar-refractivity contribution is 7.71. The van der Waals surface area contributed by atoms with E-state index >= 15 is 0 Å². The first-order chi connectivity index (χ1) is 8.01. The van der Waals surface area contributed by atoms with Crippen molar-refractivity contribution in [3.05, 3.63) is 16.7 Å². The van der Waals surface area contributed by atoms with Crippen molar-refractivity contribution in [3.8, 4) is 0 Å². The molecule has 0 aliphatic rings. The molecule has 98 valence electrons. The fourth-order valence-electron chi connectivity index (χ4n) is 2.23. The standard InChI is InChI=1S/C13H25N3S/c1-6-15(7-2)9-11(5)16-12(10(3)4)8-14-13(16)17/h8,10-11H,6-7,9H2,1-5H3,(H,14,17). The van der Waals surface area contributed by atoms with Crippen molar-refractivity contribution in [2.45, 2.75) is 46.6 Å². The van der Waals surface area contributed by atoms with Crippen LogP contribution < -0.4 is 0 Å². The number of rotatable bonds is 6. The minimum Gasteiger partial charge on any atom is -0.337 e. The summed E-state index contributed by atoms with van der Waals surface area (Å²) < 4.78 is 3.10. The molecule has 1 aromatic rings. The molecule has 0 aromatic carbocycles. The molecule has 4 heteroatoms. The molecule has 0 aliphatic carbocycles. The summed E-state index contributed by atoms with van der Waals surface area (Å²) in [6, 6.07) is 0.422. The first-order valence-electron chi connectivity index (χ1n) is 6.53. The molecule has 0 saturated heterocycles. The van der Waals surface area contributed by atoms with Gasteiger partial charge in [-0.3, -0.25) is 0 Å². The summed E-state index contributed by atoms with van der Waals surface area (Å²) in [7, 11) is 0. The molecule has 1 heterocycles. The number of nitrogens with one attached hydrogen (secondary N) is 1. The quantitative estimate of drug-likeness (QED) is 0.786. The van der Waals surface area contributed by atoms with Crippen molar-refractivity contribution in [1.82, 2.24) is 14.5 Å². The van der Waals surface area contributed by atoms with Crippen LogP contribution in [-0.2, 0) is 0 Å². The molecular weight excluding hydrogens is 230 g/mol. The molecule has 0 aliphatic heterocycles. The first kappa shape index (κ1) is 14.5. The second-order valence-corrected chi connectivity index (χ2v) is 5.26. The molecule has 1 N–H and O–H groups in total. The summed E-state index contributed by atoms with van der Waals surface area (Å²) in [5.74, 6) is 0.502. The van der Waals surface area contributed by atoms with Crippen LogP contribution in [0.2, 0.25) is 0 Å².